The summed E-state index contributed by atoms with van der Waals surface area (Å²) in [5, 5.41) is 0. The Morgan fingerprint density at radius 2 is 1.68 bits per heavy atom. The van der Waals surface area contributed by atoms with E-state index < -0.39 is 11.6 Å². The molecule has 0 fully saturated rings. The first-order chi connectivity index (χ1) is 9.06. The highest BCUT2D eigenvalue weighted by Crippen LogP contribution is 2.18. The van der Waals surface area contributed by atoms with Crippen molar-refractivity contribution in [3.8, 4) is 0 Å². The molecular formula is C15H14F2OS. The second kappa shape index (κ2) is 6.06. The van der Waals surface area contributed by atoms with Crippen LogP contribution in [-0.4, -0.2) is 5.78 Å². The van der Waals surface area contributed by atoms with Crippen molar-refractivity contribution in [3.05, 3.63) is 57.3 Å². The number of ketones is 1. The molecule has 0 radical (unpaired) electrons. The Labute approximate surface area is 114 Å². The molecule has 2 aromatic rings. The molecule has 0 unspecified atom stereocenters. The van der Waals surface area contributed by atoms with Crippen LogP contribution in [0.2, 0.25) is 0 Å². The number of thiophene rings is 1. The highest BCUT2D eigenvalue weighted by molar-refractivity contribution is 7.12. The Bertz CT molecular complexity index is 569. The van der Waals surface area contributed by atoms with Gasteiger partial charge >= 0.3 is 0 Å². The lowest BCUT2D eigenvalue weighted by molar-refractivity contribution is -0.117. The maximum atomic E-state index is 13.0. The predicted molar refractivity (Wildman–Crippen MR) is 72.5 cm³/mol. The van der Waals surface area contributed by atoms with Gasteiger partial charge in [0.25, 0.3) is 0 Å². The van der Waals surface area contributed by atoms with Gasteiger partial charge in [-0.3, -0.25) is 4.79 Å². The molecule has 4 heteroatoms. The number of hydrogen-bond acceptors (Lipinski definition) is 2. The molecule has 2 rings (SSSR count). The van der Waals surface area contributed by atoms with Gasteiger partial charge in [0.2, 0.25) is 0 Å². The lowest BCUT2D eigenvalue weighted by Gasteiger charge is -2.01. The molecule has 0 bridgehead atoms. The second-order valence-electron chi connectivity index (χ2n) is 4.39. The number of hydrogen-bond donors (Lipinski definition) is 0. The van der Waals surface area contributed by atoms with Gasteiger partial charge in [0.1, 0.15) is 17.4 Å². The van der Waals surface area contributed by atoms with Crippen LogP contribution in [0.1, 0.15) is 22.2 Å². The van der Waals surface area contributed by atoms with Gasteiger partial charge in [-0.1, -0.05) is 6.92 Å². The van der Waals surface area contributed by atoms with Crippen LogP contribution < -0.4 is 0 Å². The lowest BCUT2D eigenvalue weighted by Crippen LogP contribution is -2.06. The Balaban J connectivity index is 2.00. The minimum atomic E-state index is -0.646. The van der Waals surface area contributed by atoms with E-state index in [1.165, 1.54) is 17.0 Å². The van der Waals surface area contributed by atoms with E-state index in [9.17, 15) is 13.6 Å². The summed E-state index contributed by atoms with van der Waals surface area (Å²) in [5.74, 6) is -1.33. The first-order valence-corrected chi connectivity index (χ1v) is 6.92. The van der Waals surface area contributed by atoms with Crippen molar-refractivity contribution in [2.75, 3.05) is 0 Å². The summed E-state index contributed by atoms with van der Waals surface area (Å²) in [6.45, 7) is 2.06. The van der Waals surface area contributed by atoms with Crippen molar-refractivity contribution in [1.29, 1.82) is 0 Å². The number of carbonyl (C=O) groups is 1. The molecular weight excluding hydrogens is 266 g/mol. The summed E-state index contributed by atoms with van der Waals surface area (Å²) < 4.78 is 26.0. The first-order valence-electron chi connectivity index (χ1n) is 6.11. The molecule has 0 N–H and O–H groups in total. The quantitative estimate of drug-likeness (QED) is 0.810. The zero-order chi connectivity index (χ0) is 13.8. The molecule has 0 atom stereocenters. The van der Waals surface area contributed by atoms with Gasteiger partial charge in [0.15, 0.2) is 0 Å². The Morgan fingerprint density at radius 1 is 1.05 bits per heavy atom. The average Bonchev–Trinajstić information content (AvgIpc) is 2.74. The van der Waals surface area contributed by atoms with Gasteiger partial charge in [-0.25, -0.2) is 8.78 Å². The van der Waals surface area contributed by atoms with Crippen LogP contribution in [0.5, 0.6) is 0 Å². The van der Waals surface area contributed by atoms with E-state index in [0.29, 0.717) is 12.0 Å². The highest BCUT2D eigenvalue weighted by atomic mass is 32.1. The summed E-state index contributed by atoms with van der Waals surface area (Å²) in [7, 11) is 0. The molecule has 19 heavy (non-hydrogen) atoms. The number of benzene rings is 1. The maximum absolute atomic E-state index is 13.0. The fraction of sp³-hybridized carbons (Fsp3) is 0.267. The van der Waals surface area contributed by atoms with E-state index in [-0.39, 0.29) is 12.2 Å². The van der Waals surface area contributed by atoms with Gasteiger partial charge in [0, 0.05) is 28.7 Å². The second-order valence-corrected chi connectivity index (χ2v) is 5.64. The fourth-order valence-electron chi connectivity index (χ4n) is 1.90. The largest absolute Gasteiger partial charge is 0.299 e. The van der Waals surface area contributed by atoms with Crippen LogP contribution in [0.4, 0.5) is 8.78 Å². The van der Waals surface area contributed by atoms with Gasteiger partial charge < -0.3 is 0 Å². The minimum Gasteiger partial charge on any atom is -0.299 e. The summed E-state index contributed by atoms with van der Waals surface area (Å²) >= 11 is 1.61. The number of aryl methyl sites for hydroxylation is 1. The molecule has 0 saturated heterocycles. The molecule has 100 valence electrons. The summed E-state index contributed by atoms with van der Waals surface area (Å²) in [5.41, 5.74) is 0.384. The number of rotatable bonds is 5. The monoisotopic (exact) mass is 280 g/mol. The van der Waals surface area contributed by atoms with Crippen molar-refractivity contribution >= 4 is 17.1 Å². The third-order valence-corrected chi connectivity index (χ3v) is 3.99. The van der Waals surface area contributed by atoms with Crippen LogP contribution in [0.3, 0.4) is 0 Å². The van der Waals surface area contributed by atoms with E-state index in [1.807, 2.05) is 12.1 Å². The van der Waals surface area contributed by atoms with Crippen LogP contribution in [0.25, 0.3) is 0 Å². The van der Waals surface area contributed by atoms with Crippen molar-refractivity contribution in [2.24, 2.45) is 0 Å². The van der Waals surface area contributed by atoms with Crippen molar-refractivity contribution in [1.82, 2.24) is 0 Å². The lowest BCUT2D eigenvalue weighted by atomic mass is 10.1. The van der Waals surface area contributed by atoms with Crippen LogP contribution >= 0.6 is 11.3 Å². The fourth-order valence-corrected chi connectivity index (χ4v) is 2.89. The molecule has 0 aliphatic carbocycles. The first kappa shape index (κ1) is 13.9. The summed E-state index contributed by atoms with van der Waals surface area (Å²) in [4.78, 5) is 14.1. The zero-order valence-corrected chi connectivity index (χ0v) is 11.4. The molecule has 0 aliphatic rings. The molecule has 0 amide bonds. The molecule has 0 aliphatic heterocycles. The average molecular weight is 280 g/mol. The summed E-state index contributed by atoms with van der Waals surface area (Å²) in [6.07, 6.45) is 1.34. The third-order valence-electron chi connectivity index (χ3n) is 2.76. The van der Waals surface area contributed by atoms with Gasteiger partial charge in [-0.2, -0.15) is 0 Å². The van der Waals surface area contributed by atoms with Gasteiger partial charge in [-0.15, -0.1) is 11.3 Å². The Hall–Kier alpha value is -1.55. The summed E-state index contributed by atoms with van der Waals surface area (Å²) in [6, 6.07) is 7.16. The highest BCUT2D eigenvalue weighted by Gasteiger charge is 2.09. The maximum Gasteiger partial charge on any atom is 0.142 e. The number of Topliss-reactive ketones (excluding diaryl/α,β-unsaturated/α-hetero) is 1. The smallest absolute Gasteiger partial charge is 0.142 e. The molecule has 1 nitrogen and oxygen atoms in total. The van der Waals surface area contributed by atoms with E-state index in [1.54, 1.807) is 11.3 Å². The predicted octanol–water partition coefficient (Wildman–Crippen LogP) is 3.94. The minimum absolute atomic E-state index is 0.0329. The number of halogens is 2. The van der Waals surface area contributed by atoms with Crippen LogP contribution in [0, 0.1) is 11.6 Å². The van der Waals surface area contributed by atoms with Crippen LogP contribution in [-0.2, 0) is 24.1 Å². The Morgan fingerprint density at radius 3 is 2.26 bits per heavy atom. The topological polar surface area (TPSA) is 17.1 Å². The third kappa shape index (κ3) is 3.96. The molecule has 0 spiro atoms. The van der Waals surface area contributed by atoms with E-state index in [0.717, 1.165) is 17.4 Å². The van der Waals surface area contributed by atoms with E-state index in [4.69, 9.17) is 0 Å². The molecule has 0 saturated carbocycles. The SMILES string of the molecule is CCc1ccc(CC(=O)Cc2cc(F)cc(F)c2)s1. The van der Waals surface area contributed by atoms with E-state index in [2.05, 4.69) is 6.92 Å². The van der Waals surface area contributed by atoms with Crippen molar-refractivity contribution in [3.63, 3.8) is 0 Å². The van der Waals surface area contributed by atoms with Gasteiger partial charge in [0.05, 0.1) is 0 Å². The van der Waals surface area contributed by atoms with Gasteiger partial charge in [-0.05, 0) is 36.2 Å². The van der Waals surface area contributed by atoms with Crippen molar-refractivity contribution in [2.45, 2.75) is 26.2 Å². The van der Waals surface area contributed by atoms with E-state index >= 15 is 0 Å². The van der Waals surface area contributed by atoms with Crippen molar-refractivity contribution < 1.29 is 13.6 Å². The molecule has 1 heterocycles. The standard InChI is InChI=1S/C15H14F2OS/c1-2-14-3-4-15(19-14)9-13(18)7-10-5-11(16)8-12(17)6-10/h3-6,8H,2,7,9H2,1H3. The molecule has 1 aromatic carbocycles. The Kier molecular flexibility index (Phi) is 4.43. The van der Waals surface area contributed by atoms with Crippen LogP contribution in [0.15, 0.2) is 30.3 Å². The zero-order valence-electron chi connectivity index (χ0n) is 10.6. The molecule has 1 aromatic heterocycles. The number of carbonyl (C=O) groups excluding carboxylic acids is 1. The normalized spacial score (nSPS) is 10.7.